The molecule has 144 valence electrons. The molecule has 4 rings (SSSR count). The second kappa shape index (κ2) is 6.90. The van der Waals surface area contributed by atoms with Crippen LogP contribution in [-0.2, 0) is 9.59 Å². The van der Waals surface area contributed by atoms with Gasteiger partial charge in [0.05, 0.1) is 23.6 Å². The number of carbonyl (C=O) groups is 2. The maximum Gasteiger partial charge on any atom is 0.215 e. The Morgan fingerprint density at radius 3 is 2.75 bits per heavy atom. The number of ketones is 1. The molecule has 28 heavy (non-hydrogen) atoms. The summed E-state index contributed by atoms with van der Waals surface area (Å²) < 4.78 is 0. The Balaban J connectivity index is 2.01. The van der Waals surface area contributed by atoms with Crippen LogP contribution >= 0.6 is 23.2 Å². The molecule has 1 N–H and O–H groups in total. The summed E-state index contributed by atoms with van der Waals surface area (Å²) in [4.78, 5) is 31.2. The highest BCUT2D eigenvalue weighted by Gasteiger charge is 2.42. The highest BCUT2D eigenvalue weighted by Crippen LogP contribution is 2.48. The molecule has 0 fully saturated rings. The number of fused-ring (bicyclic) bond motifs is 1. The van der Waals surface area contributed by atoms with Crippen molar-refractivity contribution in [3.8, 4) is 0 Å². The number of aromatic nitrogens is 1. The summed E-state index contributed by atoms with van der Waals surface area (Å²) in [6.07, 6.45) is 5.09. The van der Waals surface area contributed by atoms with E-state index in [1.54, 1.807) is 36.7 Å². The van der Waals surface area contributed by atoms with Crippen molar-refractivity contribution in [3.63, 3.8) is 0 Å². The van der Waals surface area contributed by atoms with Gasteiger partial charge in [0.2, 0.25) is 6.41 Å². The molecule has 0 saturated heterocycles. The molecular formula is C21H19Cl2N3O2. The van der Waals surface area contributed by atoms with Gasteiger partial charge in [0, 0.05) is 33.9 Å². The van der Waals surface area contributed by atoms with Crippen molar-refractivity contribution in [2.24, 2.45) is 5.41 Å². The monoisotopic (exact) mass is 415 g/mol. The summed E-state index contributed by atoms with van der Waals surface area (Å²) in [5.41, 5.74) is 3.16. The first kappa shape index (κ1) is 19.0. The summed E-state index contributed by atoms with van der Waals surface area (Å²) in [5, 5.41) is 4.27. The summed E-state index contributed by atoms with van der Waals surface area (Å²) in [6.45, 7) is 4.13. The number of nitrogens with one attached hydrogen (secondary N) is 1. The molecule has 1 aromatic heterocycles. The third-order valence-corrected chi connectivity index (χ3v) is 5.77. The summed E-state index contributed by atoms with van der Waals surface area (Å²) in [5.74, 6) is 0.00221. The number of nitrogens with zero attached hydrogens (tertiary/aromatic N) is 2. The average molecular weight is 416 g/mol. The summed E-state index contributed by atoms with van der Waals surface area (Å²) >= 11 is 12.6. The molecule has 1 amide bonds. The standard InChI is InChI=1S/C21H19Cl2N3O2/c1-21(2)8-15-19(18(28)9-21)20(13-4-3-12(22)7-14(13)23)26(11-27)17-5-6-24-10-16(17)25-15/h3-7,10-11,20,25H,8-9H2,1-2H3/t20-/m1/s1. The van der Waals surface area contributed by atoms with Crippen LogP contribution in [0, 0.1) is 5.41 Å². The fourth-order valence-electron chi connectivity index (χ4n) is 4.06. The van der Waals surface area contributed by atoms with E-state index >= 15 is 0 Å². The number of anilines is 2. The van der Waals surface area contributed by atoms with Gasteiger partial charge in [-0.25, -0.2) is 0 Å². The number of hydrogen-bond donors (Lipinski definition) is 1. The van der Waals surface area contributed by atoms with Gasteiger partial charge < -0.3 is 10.2 Å². The number of hydrogen-bond acceptors (Lipinski definition) is 4. The molecule has 1 aliphatic heterocycles. The molecule has 1 aliphatic carbocycles. The molecule has 0 radical (unpaired) electrons. The Kier molecular flexibility index (Phi) is 4.68. The molecule has 2 heterocycles. The van der Waals surface area contributed by atoms with Crippen molar-refractivity contribution < 1.29 is 9.59 Å². The maximum atomic E-state index is 13.2. The zero-order chi connectivity index (χ0) is 20.1. The zero-order valence-corrected chi connectivity index (χ0v) is 17.0. The molecule has 7 heteroatoms. The van der Waals surface area contributed by atoms with Gasteiger partial charge in [-0.2, -0.15) is 0 Å². The van der Waals surface area contributed by atoms with Crippen molar-refractivity contribution in [1.29, 1.82) is 0 Å². The Hall–Kier alpha value is -2.37. The van der Waals surface area contributed by atoms with E-state index in [9.17, 15) is 9.59 Å². The quantitative estimate of drug-likeness (QED) is 0.687. The third kappa shape index (κ3) is 3.19. The molecule has 0 unspecified atom stereocenters. The Bertz CT molecular complexity index is 1020. The second-order valence-corrected chi connectivity index (χ2v) is 8.78. The van der Waals surface area contributed by atoms with Gasteiger partial charge in [0.1, 0.15) is 0 Å². The van der Waals surface area contributed by atoms with Crippen LogP contribution in [0.25, 0.3) is 0 Å². The lowest BCUT2D eigenvalue weighted by Crippen LogP contribution is -2.35. The third-order valence-electron chi connectivity index (χ3n) is 5.20. The first-order valence-electron chi connectivity index (χ1n) is 8.96. The Labute approximate surface area is 173 Å². The van der Waals surface area contributed by atoms with Gasteiger partial charge in [-0.1, -0.05) is 43.1 Å². The average Bonchev–Trinajstić information content (AvgIpc) is 2.74. The molecule has 0 bridgehead atoms. The largest absolute Gasteiger partial charge is 0.356 e. The van der Waals surface area contributed by atoms with E-state index in [0.717, 1.165) is 12.1 Å². The zero-order valence-electron chi connectivity index (χ0n) is 15.5. The van der Waals surface area contributed by atoms with Crippen LogP contribution in [0.2, 0.25) is 10.0 Å². The van der Waals surface area contributed by atoms with Crippen LogP contribution in [-0.4, -0.2) is 17.2 Å². The van der Waals surface area contributed by atoms with E-state index < -0.39 is 6.04 Å². The van der Waals surface area contributed by atoms with Crippen molar-refractivity contribution in [2.75, 3.05) is 10.2 Å². The van der Waals surface area contributed by atoms with Gasteiger partial charge in [0.15, 0.2) is 5.78 Å². The van der Waals surface area contributed by atoms with E-state index in [2.05, 4.69) is 24.1 Å². The number of halogens is 2. The normalized spacial score (nSPS) is 20.8. The van der Waals surface area contributed by atoms with E-state index in [-0.39, 0.29) is 11.2 Å². The minimum atomic E-state index is -0.642. The summed E-state index contributed by atoms with van der Waals surface area (Å²) in [6, 6.07) is 6.23. The lowest BCUT2D eigenvalue weighted by Gasteiger charge is -2.36. The van der Waals surface area contributed by atoms with Gasteiger partial charge >= 0.3 is 0 Å². The molecular weight excluding hydrogens is 397 g/mol. The Morgan fingerprint density at radius 2 is 2.04 bits per heavy atom. The van der Waals surface area contributed by atoms with Gasteiger partial charge in [-0.3, -0.25) is 14.6 Å². The number of amides is 1. The molecule has 0 spiro atoms. The molecule has 1 atom stereocenters. The highest BCUT2D eigenvalue weighted by molar-refractivity contribution is 6.35. The van der Waals surface area contributed by atoms with Crippen molar-refractivity contribution in [3.05, 3.63) is 63.5 Å². The van der Waals surface area contributed by atoms with Crippen LogP contribution in [0.1, 0.15) is 38.3 Å². The van der Waals surface area contributed by atoms with Gasteiger partial charge in [0.25, 0.3) is 0 Å². The van der Waals surface area contributed by atoms with Gasteiger partial charge in [-0.15, -0.1) is 0 Å². The minimum Gasteiger partial charge on any atom is -0.356 e. The van der Waals surface area contributed by atoms with Crippen molar-refractivity contribution in [1.82, 2.24) is 4.98 Å². The number of benzene rings is 1. The van der Waals surface area contributed by atoms with E-state index in [1.165, 1.54) is 4.90 Å². The van der Waals surface area contributed by atoms with Crippen molar-refractivity contribution >= 4 is 46.8 Å². The van der Waals surface area contributed by atoms with E-state index in [0.29, 0.717) is 45.4 Å². The second-order valence-electron chi connectivity index (χ2n) is 7.93. The van der Waals surface area contributed by atoms with Crippen LogP contribution in [0.4, 0.5) is 11.4 Å². The van der Waals surface area contributed by atoms with E-state index in [1.807, 2.05) is 0 Å². The van der Waals surface area contributed by atoms with Crippen LogP contribution in [0.3, 0.4) is 0 Å². The SMILES string of the molecule is CC1(C)CC(=O)C2=C(C1)Nc1cnccc1N(C=O)[C@@H]2c1ccc(Cl)cc1Cl. The highest BCUT2D eigenvalue weighted by atomic mass is 35.5. The fraction of sp³-hybridized carbons (Fsp3) is 0.286. The molecule has 5 nitrogen and oxygen atoms in total. The van der Waals surface area contributed by atoms with Crippen LogP contribution < -0.4 is 10.2 Å². The first-order chi connectivity index (χ1) is 13.3. The van der Waals surface area contributed by atoms with Gasteiger partial charge in [-0.05, 0) is 35.6 Å². The Morgan fingerprint density at radius 1 is 1.25 bits per heavy atom. The molecule has 0 saturated carbocycles. The smallest absolute Gasteiger partial charge is 0.215 e. The molecule has 2 aromatic rings. The van der Waals surface area contributed by atoms with Crippen LogP contribution in [0.15, 0.2) is 47.9 Å². The number of Topliss-reactive ketones (excluding diaryl/α,β-unsaturated/α-hetero) is 1. The minimum absolute atomic E-state index is 0.00221. The number of allylic oxidation sites excluding steroid dienone is 1. The maximum absolute atomic E-state index is 13.2. The molecule has 1 aromatic carbocycles. The van der Waals surface area contributed by atoms with Crippen molar-refractivity contribution in [2.45, 2.75) is 32.7 Å². The molecule has 2 aliphatic rings. The lowest BCUT2D eigenvalue weighted by atomic mass is 9.73. The predicted octanol–water partition coefficient (Wildman–Crippen LogP) is 5.16. The lowest BCUT2D eigenvalue weighted by molar-refractivity contribution is -0.118. The number of rotatable bonds is 2. The fourth-order valence-corrected chi connectivity index (χ4v) is 4.57. The number of pyridine rings is 1. The van der Waals surface area contributed by atoms with Crippen LogP contribution in [0.5, 0.6) is 0 Å². The predicted molar refractivity (Wildman–Crippen MR) is 111 cm³/mol. The number of carbonyl (C=O) groups excluding carboxylic acids is 2. The topological polar surface area (TPSA) is 62.3 Å². The van der Waals surface area contributed by atoms with E-state index in [4.69, 9.17) is 23.2 Å². The first-order valence-corrected chi connectivity index (χ1v) is 9.72. The summed E-state index contributed by atoms with van der Waals surface area (Å²) in [7, 11) is 0.